The predicted molar refractivity (Wildman–Crippen MR) is 82.6 cm³/mol. The maximum absolute atomic E-state index is 5.80. The van der Waals surface area contributed by atoms with Gasteiger partial charge in [0.15, 0.2) is 0 Å². The molecule has 2 aromatic heterocycles. The summed E-state index contributed by atoms with van der Waals surface area (Å²) in [6.45, 7) is 0.760. The Morgan fingerprint density at radius 3 is 2.91 bits per heavy atom. The molecule has 0 bridgehead atoms. The van der Waals surface area contributed by atoms with Gasteiger partial charge < -0.3 is 9.72 Å². The number of aromatic nitrogens is 4. The highest BCUT2D eigenvalue weighted by molar-refractivity contribution is 5.64. The molecule has 5 nitrogen and oxygen atoms in total. The van der Waals surface area contributed by atoms with E-state index in [9.17, 15) is 0 Å². The van der Waals surface area contributed by atoms with E-state index in [-0.39, 0.29) is 0 Å². The van der Waals surface area contributed by atoms with Crippen molar-refractivity contribution in [3.63, 3.8) is 0 Å². The van der Waals surface area contributed by atoms with Crippen molar-refractivity contribution in [2.75, 3.05) is 6.61 Å². The Morgan fingerprint density at radius 1 is 1.18 bits per heavy atom. The molecule has 1 aromatic carbocycles. The van der Waals surface area contributed by atoms with E-state index >= 15 is 0 Å². The first-order chi connectivity index (χ1) is 10.9. The summed E-state index contributed by atoms with van der Waals surface area (Å²) in [6.07, 6.45) is 10.8. The van der Waals surface area contributed by atoms with Crippen LogP contribution in [0.4, 0.5) is 0 Å². The summed E-state index contributed by atoms with van der Waals surface area (Å²) >= 11 is 0. The molecule has 3 heterocycles. The van der Waals surface area contributed by atoms with Crippen molar-refractivity contribution in [2.24, 2.45) is 0 Å². The molecule has 0 radical (unpaired) electrons. The van der Waals surface area contributed by atoms with Gasteiger partial charge >= 0.3 is 0 Å². The monoisotopic (exact) mass is 292 g/mol. The van der Waals surface area contributed by atoms with Crippen LogP contribution in [0.1, 0.15) is 23.6 Å². The van der Waals surface area contributed by atoms with E-state index in [0.717, 1.165) is 42.0 Å². The predicted octanol–water partition coefficient (Wildman–Crippen LogP) is 2.98. The number of rotatable bonds is 3. The van der Waals surface area contributed by atoms with Crippen molar-refractivity contribution in [1.82, 2.24) is 19.9 Å². The minimum absolute atomic E-state index is 0.427. The van der Waals surface area contributed by atoms with E-state index in [1.54, 1.807) is 12.7 Å². The first kappa shape index (κ1) is 13.0. The summed E-state index contributed by atoms with van der Waals surface area (Å²) in [5.74, 6) is 1.41. The smallest absolute Gasteiger partial charge is 0.122 e. The first-order valence-electron chi connectivity index (χ1n) is 7.40. The Bertz CT molecular complexity index is 756. The van der Waals surface area contributed by atoms with Crippen LogP contribution >= 0.6 is 0 Å². The molecule has 1 aliphatic heterocycles. The normalized spacial score (nSPS) is 16.8. The Balaban J connectivity index is 1.70. The molecular formula is C17H16N4O. The second-order valence-corrected chi connectivity index (χ2v) is 5.48. The molecule has 0 saturated heterocycles. The fourth-order valence-corrected chi connectivity index (χ4v) is 2.96. The lowest BCUT2D eigenvalue weighted by Gasteiger charge is -2.26. The van der Waals surface area contributed by atoms with Crippen molar-refractivity contribution >= 4 is 0 Å². The van der Waals surface area contributed by atoms with Crippen LogP contribution in [0.3, 0.4) is 0 Å². The molecule has 1 N–H and O–H groups in total. The van der Waals surface area contributed by atoms with E-state index < -0.39 is 0 Å². The molecule has 1 atom stereocenters. The molecule has 4 rings (SSSR count). The summed E-state index contributed by atoms with van der Waals surface area (Å²) in [6, 6.07) is 6.31. The molecule has 1 unspecified atom stereocenters. The third kappa shape index (κ3) is 2.45. The molecule has 3 aromatic rings. The third-order valence-corrected chi connectivity index (χ3v) is 4.08. The van der Waals surface area contributed by atoms with E-state index in [2.05, 4.69) is 32.1 Å². The number of benzene rings is 1. The number of imidazole rings is 1. The first-order valence-corrected chi connectivity index (χ1v) is 7.40. The highest BCUT2D eigenvalue weighted by atomic mass is 16.5. The van der Waals surface area contributed by atoms with E-state index in [0.29, 0.717) is 5.92 Å². The topological polar surface area (TPSA) is 63.7 Å². The Morgan fingerprint density at radius 2 is 2.09 bits per heavy atom. The van der Waals surface area contributed by atoms with Crippen molar-refractivity contribution in [3.05, 3.63) is 60.7 Å². The van der Waals surface area contributed by atoms with Crippen LogP contribution < -0.4 is 4.74 Å². The fourth-order valence-electron chi connectivity index (χ4n) is 2.96. The van der Waals surface area contributed by atoms with Gasteiger partial charge in [-0.2, -0.15) is 0 Å². The summed E-state index contributed by atoms with van der Waals surface area (Å²) in [5.41, 5.74) is 4.48. The molecule has 0 aliphatic carbocycles. The Hall–Kier alpha value is -2.69. The van der Waals surface area contributed by atoms with Crippen molar-refractivity contribution < 1.29 is 4.74 Å². The summed E-state index contributed by atoms with van der Waals surface area (Å²) in [7, 11) is 0. The van der Waals surface area contributed by atoms with Gasteiger partial charge in [0, 0.05) is 24.2 Å². The Labute approximate surface area is 128 Å². The summed E-state index contributed by atoms with van der Waals surface area (Å²) < 4.78 is 5.80. The second-order valence-electron chi connectivity index (χ2n) is 5.48. The molecule has 0 saturated carbocycles. The third-order valence-electron chi connectivity index (χ3n) is 4.08. The van der Waals surface area contributed by atoms with Gasteiger partial charge in [0.25, 0.3) is 0 Å². The molecule has 5 heteroatoms. The molecule has 1 aliphatic rings. The van der Waals surface area contributed by atoms with Crippen molar-refractivity contribution in [3.8, 4) is 16.9 Å². The lowest BCUT2D eigenvalue weighted by molar-refractivity contribution is 0.266. The fraction of sp³-hybridized carbons (Fsp3) is 0.235. The number of nitrogens with one attached hydrogen (secondary N) is 1. The van der Waals surface area contributed by atoms with Crippen LogP contribution in [-0.4, -0.2) is 26.5 Å². The Kier molecular flexibility index (Phi) is 3.31. The largest absolute Gasteiger partial charge is 0.493 e. The lowest BCUT2D eigenvalue weighted by Crippen LogP contribution is -2.16. The number of hydrogen-bond acceptors (Lipinski definition) is 4. The zero-order chi connectivity index (χ0) is 14.8. The standard InChI is InChI=1S/C17H16N4O/c1-2-17-16(6-12(1)14-7-18-10-19-8-14)13(3-4-22-17)5-15-9-20-11-21-15/h1-2,6-11,13H,3-5H2,(H,20,21). The summed E-state index contributed by atoms with van der Waals surface area (Å²) in [4.78, 5) is 15.6. The van der Waals surface area contributed by atoms with Gasteiger partial charge in [-0.3, -0.25) is 0 Å². The number of ether oxygens (including phenoxy) is 1. The average molecular weight is 292 g/mol. The van der Waals surface area contributed by atoms with E-state index in [1.165, 1.54) is 5.56 Å². The van der Waals surface area contributed by atoms with Crippen LogP contribution in [0.25, 0.3) is 11.1 Å². The average Bonchev–Trinajstić information content (AvgIpc) is 3.09. The highest BCUT2D eigenvalue weighted by Gasteiger charge is 2.23. The minimum atomic E-state index is 0.427. The van der Waals surface area contributed by atoms with Gasteiger partial charge in [0.1, 0.15) is 12.1 Å². The number of fused-ring (bicyclic) bond motifs is 1. The van der Waals surface area contributed by atoms with Crippen LogP contribution in [-0.2, 0) is 6.42 Å². The molecular weight excluding hydrogens is 276 g/mol. The number of hydrogen-bond donors (Lipinski definition) is 1. The van der Waals surface area contributed by atoms with Gasteiger partial charge in [0.2, 0.25) is 0 Å². The highest BCUT2D eigenvalue weighted by Crippen LogP contribution is 2.38. The molecule has 0 fully saturated rings. The zero-order valence-corrected chi connectivity index (χ0v) is 12.1. The van der Waals surface area contributed by atoms with Crippen LogP contribution in [0.5, 0.6) is 5.75 Å². The SMILES string of the molecule is c1ncc(-c2ccc3c(c2)C(Cc2c[nH]cn2)CCO3)cn1. The van der Waals surface area contributed by atoms with Crippen molar-refractivity contribution in [1.29, 1.82) is 0 Å². The van der Waals surface area contributed by atoms with Crippen LogP contribution in [0, 0.1) is 0 Å². The number of H-pyrrole nitrogens is 1. The molecule has 22 heavy (non-hydrogen) atoms. The molecule has 0 spiro atoms. The quantitative estimate of drug-likeness (QED) is 0.806. The second kappa shape index (κ2) is 5.60. The van der Waals surface area contributed by atoms with Crippen LogP contribution in [0.15, 0.2) is 49.4 Å². The van der Waals surface area contributed by atoms with Gasteiger partial charge in [-0.25, -0.2) is 15.0 Å². The number of aromatic amines is 1. The molecule has 0 amide bonds. The van der Waals surface area contributed by atoms with Crippen LogP contribution in [0.2, 0.25) is 0 Å². The lowest BCUT2D eigenvalue weighted by atomic mass is 9.87. The maximum Gasteiger partial charge on any atom is 0.122 e. The van der Waals surface area contributed by atoms with E-state index in [1.807, 2.05) is 24.7 Å². The van der Waals surface area contributed by atoms with Gasteiger partial charge in [-0.15, -0.1) is 0 Å². The number of nitrogens with zero attached hydrogens (tertiary/aromatic N) is 3. The molecule has 110 valence electrons. The minimum Gasteiger partial charge on any atom is -0.493 e. The van der Waals surface area contributed by atoms with Crippen molar-refractivity contribution in [2.45, 2.75) is 18.8 Å². The van der Waals surface area contributed by atoms with Gasteiger partial charge in [-0.05, 0) is 42.0 Å². The van der Waals surface area contributed by atoms with E-state index in [4.69, 9.17) is 4.74 Å². The maximum atomic E-state index is 5.80. The summed E-state index contributed by atoms with van der Waals surface area (Å²) in [5, 5.41) is 0. The van der Waals surface area contributed by atoms with Gasteiger partial charge in [-0.1, -0.05) is 6.07 Å². The zero-order valence-electron chi connectivity index (χ0n) is 12.1. The van der Waals surface area contributed by atoms with Gasteiger partial charge in [0.05, 0.1) is 18.6 Å².